The molecule has 2 atom stereocenters. The minimum absolute atomic E-state index is 0.120. The van der Waals surface area contributed by atoms with Crippen molar-refractivity contribution in [2.45, 2.75) is 31.8 Å². The highest BCUT2D eigenvalue weighted by Crippen LogP contribution is 2.32. The zero-order valence-corrected chi connectivity index (χ0v) is 17.2. The Hall–Kier alpha value is -3.05. The van der Waals surface area contributed by atoms with Gasteiger partial charge in [-0.3, -0.25) is 9.69 Å². The molecule has 0 radical (unpaired) electrons. The fourth-order valence-corrected chi connectivity index (χ4v) is 4.82. The first kappa shape index (κ1) is 18.9. The highest BCUT2D eigenvalue weighted by atomic mass is 16.3. The van der Waals surface area contributed by atoms with Crippen molar-refractivity contribution in [1.82, 2.24) is 10.2 Å². The number of fused-ring (bicyclic) bond motifs is 3. The summed E-state index contributed by atoms with van der Waals surface area (Å²) in [6.45, 7) is 4.52. The van der Waals surface area contributed by atoms with Crippen LogP contribution in [0.4, 0.5) is 11.4 Å². The highest BCUT2D eigenvalue weighted by molar-refractivity contribution is 5.92. The van der Waals surface area contributed by atoms with Gasteiger partial charge in [-0.15, -0.1) is 0 Å². The molecule has 3 aliphatic heterocycles. The van der Waals surface area contributed by atoms with E-state index in [9.17, 15) is 4.79 Å². The molecule has 3 saturated heterocycles. The number of amides is 1. The molecule has 5 nitrogen and oxygen atoms in total. The van der Waals surface area contributed by atoms with E-state index in [4.69, 9.17) is 4.42 Å². The Bertz CT molecular complexity index is 1020. The second-order valence-corrected chi connectivity index (χ2v) is 8.35. The first-order valence-electron chi connectivity index (χ1n) is 10.7. The lowest BCUT2D eigenvalue weighted by molar-refractivity contribution is 0.0211. The molecule has 0 spiro atoms. The summed E-state index contributed by atoms with van der Waals surface area (Å²) >= 11 is 0. The van der Waals surface area contributed by atoms with E-state index in [1.54, 1.807) is 6.07 Å². The van der Waals surface area contributed by atoms with Crippen molar-refractivity contribution in [1.29, 1.82) is 0 Å². The SMILES string of the molecule is C[C@H]1[C@H](NC(=O)c2ccc(-c3cccc(Nc4ccccc4)c3)o2)C2CCN1CC2. The number of carbonyl (C=O) groups excluding carboxylic acids is 1. The maximum absolute atomic E-state index is 12.9. The van der Waals surface area contributed by atoms with Crippen LogP contribution in [-0.2, 0) is 0 Å². The van der Waals surface area contributed by atoms with Gasteiger partial charge in [0, 0.05) is 29.0 Å². The summed E-state index contributed by atoms with van der Waals surface area (Å²) in [5.74, 6) is 1.52. The maximum Gasteiger partial charge on any atom is 0.287 e. The van der Waals surface area contributed by atoms with E-state index >= 15 is 0 Å². The molecular formula is C25H27N3O2. The lowest BCUT2D eigenvalue weighted by Gasteiger charge is -2.49. The molecule has 1 aromatic heterocycles. The number of nitrogens with zero attached hydrogens (tertiary/aromatic N) is 1. The molecule has 0 saturated carbocycles. The number of carbonyl (C=O) groups is 1. The van der Waals surface area contributed by atoms with Crippen LogP contribution in [0.2, 0.25) is 0 Å². The van der Waals surface area contributed by atoms with Gasteiger partial charge < -0.3 is 15.1 Å². The normalized spacial score (nSPS) is 25.1. The quantitative estimate of drug-likeness (QED) is 0.638. The van der Waals surface area contributed by atoms with Gasteiger partial charge in [0.1, 0.15) is 5.76 Å². The molecule has 0 aliphatic carbocycles. The average Bonchev–Trinajstić information content (AvgIpc) is 3.28. The molecule has 0 unspecified atom stereocenters. The Morgan fingerprint density at radius 1 is 0.967 bits per heavy atom. The van der Waals surface area contributed by atoms with Crippen molar-refractivity contribution in [3.8, 4) is 11.3 Å². The van der Waals surface area contributed by atoms with Crippen LogP contribution in [0.25, 0.3) is 11.3 Å². The van der Waals surface area contributed by atoms with Gasteiger partial charge in [0.15, 0.2) is 5.76 Å². The van der Waals surface area contributed by atoms with E-state index in [-0.39, 0.29) is 11.9 Å². The second-order valence-electron chi connectivity index (χ2n) is 8.35. The summed E-state index contributed by atoms with van der Waals surface area (Å²) in [5, 5.41) is 6.63. The van der Waals surface area contributed by atoms with E-state index in [1.165, 1.54) is 12.8 Å². The Labute approximate surface area is 177 Å². The zero-order valence-electron chi connectivity index (χ0n) is 17.2. The summed E-state index contributed by atoms with van der Waals surface area (Å²) in [4.78, 5) is 15.3. The number of anilines is 2. The molecule has 2 N–H and O–H groups in total. The van der Waals surface area contributed by atoms with Crippen molar-refractivity contribution in [2.24, 2.45) is 5.92 Å². The largest absolute Gasteiger partial charge is 0.451 e. The molecule has 2 bridgehead atoms. The van der Waals surface area contributed by atoms with Crippen molar-refractivity contribution < 1.29 is 9.21 Å². The number of furan rings is 1. The van der Waals surface area contributed by atoms with Crippen LogP contribution in [0.15, 0.2) is 71.1 Å². The molecule has 5 heteroatoms. The predicted octanol–water partition coefficient (Wildman–Crippen LogP) is 4.90. The molecule has 4 heterocycles. The van der Waals surface area contributed by atoms with E-state index in [2.05, 4.69) is 22.5 Å². The molecule has 154 valence electrons. The Kier molecular flexibility index (Phi) is 5.05. The molecule has 1 amide bonds. The van der Waals surface area contributed by atoms with Gasteiger partial charge in [-0.2, -0.15) is 0 Å². The molecule has 6 rings (SSSR count). The zero-order chi connectivity index (χ0) is 20.5. The number of benzene rings is 2. The summed E-state index contributed by atoms with van der Waals surface area (Å²) in [6, 6.07) is 22.3. The summed E-state index contributed by atoms with van der Waals surface area (Å²) < 4.78 is 5.94. The van der Waals surface area contributed by atoms with E-state index in [1.807, 2.05) is 60.7 Å². The summed E-state index contributed by atoms with van der Waals surface area (Å²) in [6.07, 6.45) is 2.33. The topological polar surface area (TPSA) is 57.5 Å². The van der Waals surface area contributed by atoms with Gasteiger partial charge >= 0.3 is 0 Å². The minimum atomic E-state index is -0.120. The Morgan fingerprint density at radius 3 is 2.50 bits per heavy atom. The van der Waals surface area contributed by atoms with E-state index < -0.39 is 0 Å². The van der Waals surface area contributed by atoms with E-state index in [0.717, 1.165) is 30.0 Å². The minimum Gasteiger partial charge on any atom is -0.451 e. The third-order valence-electron chi connectivity index (χ3n) is 6.51. The lowest BCUT2D eigenvalue weighted by atomic mass is 9.79. The fraction of sp³-hybridized carbons (Fsp3) is 0.320. The van der Waals surface area contributed by atoms with Gasteiger partial charge in [-0.25, -0.2) is 0 Å². The first-order chi connectivity index (χ1) is 14.7. The number of hydrogen-bond donors (Lipinski definition) is 2. The number of rotatable bonds is 5. The number of para-hydroxylation sites is 1. The number of hydrogen-bond acceptors (Lipinski definition) is 4. The van der Waals surface area contributed by atoms with Gasteiger partial charge in [-0.1, -0.05) is 30.3 Å². The van der Waals surface area contributed by atoms with Gasteiger partial charge in [-0.05, 0) is 75.2 Å². The van der Waals surface area contributed by atoms with Crippen LogP contribution in [0.3, 0.4) is 0 Å². The molecule has 30 heavy (non-hydrogen) atoms. The standard InChI is InChI=1S/C25H27N3O2/c1-17-24(18-12-14-28(17)15-13-18)27-25(29)23-11-10-22(30-23)19-6-5-9-21(16-19)26-20-7-3-2-4-8-20/h2-11,16-18,24,26H,12-15H2,1H3,(H,27,29)/t17-,24-/m0/s1. The van der Waals surface area contributed by atoms with Crippen LogP contribution in [-0.4, -0.2) is 36.0 Å². The van der Waals surface area contributed by atoms with E-state index in [0.29, 0.717) is 23.5 Å². The van der Waals surface area contributed by atoms with Crippen LogP contribution < -0.4 is 10.6 Å². The Balaban J connectivity index is 1.29. The predicted molar refractivity (Wildman–Crippen MR) is 119 cm³/mol. The van der Waals surface area contributed by atoms with Crippen molar-refractivity contribution in [3.05, 3.63) is 72.5 Å². The maximum atomic E-state index is 12.9. The molecule has 3 fully saturated rings. The molecule has 3 aromatic rings. The van der Waals surface area contributed by atoms with Crippen LogP contribution in [0.5, 0.6) is 0 Å². The fourth-order valence-electron chi connectivity index (χ4n) is 4.82. The first-order valence-corrected chi connectivity index (χ1v) is 10.7. The summed E-state index contributed by atoms with van der Waals surface area (Å²) in [7, 11) is 0. The van der Waals surface area contributed by atoms with Gasteiger partial charge in [0.2, 0.25) is 0 Å². The Morgan fingerprint density at radius 2 is 1.73 bits per heavy atom. The van der Waals surface area contributed by atoms with Crippen LogP contribution in [0.1, 0.15) is 30.3 Å². The van der Waals surface area contributed by atoms with Gasteiger partial charge in [0.05, 0.1) is 0 Å². The van der Waals surface area contributed by atoms with Crippen molar-refractivity contribution in [2.75, 3.05) is 18.4 Å². The average molecular weight is 402 g/mol. The van der Waals surface area contributed by atoms with Crippen molar-refractivity contribution >= 4 is 17.3 Å². The van der Waals surface area contributed by atoms with Gasteiger partial charge in [0.25, 0.3) is 5.91 Å². The third kappa shape index (κ3) is 3.73. The molecule has 2 aromatic carbocycles. The van der Waals surface area contributed by atoms with Crippen LogP contribution in [0, 0.1) is 5.92 Å². The lowest BCUT2D eigenvalue weighted by Crippen LogP contribution is -2.62. The second kappa shape index (κ2) is 8.00. The third-order valence-corrected chi connectivity index (χ3v) is 6.51. The smallest absolute Gasteiger partial charge is 0.287 e. The summed E-state index contributed by atoms with van der Waals surface area (Å²) in [5.41, 5.74) is 2.94. The molecular weight excluding hydrogens is 374 g/mol. The number of nitrogens with one attached hydrogen (secondary N) is 2. The number of piperidine rings is 3. The molecule has 3 aliphatic rings. The monoisotopic (exact) mass is 401 g/mol. The van der Waals surface area contributed by atoms with Crippen molar-refractivity contribution in [3.63, 3.8) is 0 Å². The van der Waals surface area contributed by atoms with Crippen LogP contribution >= 0.6 is 0 Å². The highest BCUT2D eigenvalue weighted by Gasteiger charge is 2.40.